The average Bonchev–Trinajstić information content (AvgIpc) is 1.68. The summed E-state index contributed by atoms with van der Waals surface area (Å²) in [5.74, 6) is -16.0. The Hall–Kier alpha value is -12.8. The summed E-state index contributed by atoms with van der Waals surface area (Å²) in [6.45, 7) is -1.61. The first kappa shape index (κ1) is 84.8. The number of amides is 13. The number of carboxylic acid groups (broad SMARTS) is 1. The number of hydrogen-bond acceptors (Lipinski definition) is 22. The maximum absolute atomic E-state index is 15.3. The molecule has 40 heteroatoms. The molecule has 0 unspecified atom stereocenters. The molecule has 0 aliphatic heterocycles. The molecule has 8 aromatic rings. The Balaban J connectivity index is 1.06. The Morgan fingerprint density at radius 2 is 0.777 bits per heavy atom. The topological polar surface area (TPSA) is 619 Å². The molecule has 0 saturated carbocycles. The lowest BCUT2D eigenvalue weighted by Crippen LogP contribution is -2.62. The van der Waals surface area contributed by atoms with Crippen LogP contribution in [0.25, 0.3) is 21.8 Å². The molecule has 0 aliphatic carbocycles. The van der Waals surface area contributed by atoms with Crippen molar-refractivity contribution in [3.8, 4) is 11.5 Å². The number of H-pyrrole nitrogens is 4. The number of fused-ring (bicyclic) bond motifs is 2. The summed E-state index contributed by atoms with van der Waals surface area (Å²) in [5.41, 5.74) is 20.0. The number of aliphatic hydroxyl groups is 1. The SMILES string of the molecule is NC(=O)CNC(=O)[C@H](Cc1ccc(O)cc1)NC(=O)[C@H](Cc1cnc[nH]1)NC(=O)[C@H](Cc1cnc[nH]1)NC(=O)[C@H](Cc1c[nH]c2ccccc12)NC(=O)[C@H](Cc1ccc(O)cc1)NC(=O)[C@H](CS)NC(=O)[C@H](CCC(=O)O)NC(=O)[C@H](Cc1c[nH]c2ccccc12)NC(=O)[C@H](CC(N)=O)NC(=O)[C@H](CO)NC(=O)[C@@H](N)CS. The molecule has 0 bridgehead atoms. The second-order valence-corrected chi connectivity index (χ2v) is 26.7. The lowest BCUT2D eigenvalue weighted by molar-refractivity contribution is -0.139. The molecule has 112 heavy (non-hydrogen) atoms. The van der Waals surface area contributed by atoms with Gasteiger partial charge in [0.1, 0.15) is 71.9 Å². The summed E-state index contributed by atoms with van der Waals surface area (Å²) < 4.78 is 0. The second-order valence-electron chi connectivity index (χ2n) is 26.0. The van der Waals surface area contributed by atoms with Crippen LogP contribution < -0.4 is 75.7 Å². The molecule has 4 aromatic heterocycles. The van der Waals surface area contributed by atoms with Crippen molar-refractivity contribution in [3.63, 3.8) is 0 Å². The van der Waals surface area contributed by atoms with Gasteiger partial charge in [0.2, 0.25) is 76.8 Å². The van der Waals surface area contributed by atoms with Crippen molar-refractivity contribution in [2.45, 2.75) is 124 Å². The fourth-order valence-corrected chi connectivity index (χ4v) is 12.1. The molecule has 0 fully saturated rings. The van der Waals surface area contributed by atoms with Crippen LogP contribution in [-0.2, 0) is 106 Å². The zero-order valence-corrected chi connectivity index (χ0v) is 61.6. The van der Waals surface area contributed by atoms with E-state index in [2.05, 4.69) is 114 Å². The summed E-state index contributed by atoms with van der Waals surface area (Å²) in [4.78, 5) is 215. The van der Waals surface area contributed by atoms with Crippen LogP contribution in [0.15, 0.2) is 135 Å². The summed E-state index contributed by atoms with van der Waals surface area (Å²) >= 11 is 8.31. The number of carboxylic acids is 1. The Kier molecular flexibility index (Phi) is 31.1. The molecule has 25 N–H and O–H groups in total. The van der Waals surface area contributed by atoms with Crippen LogP contribution in [0.4, 0.5) is 0 Å². The number of thiol groups is 2. The van der Waals surface area contributed by atoms with Gasteiger partial charge >= 0.3 is 5.97 Å². The van der Waals surface area contributed by atoms with E-state index < -0.39 is 187 Å². The number of phenolic OH excluding ortho intramolecular Hbond substituents is 2. The van der Waals surface area contributed by atoms with E-state index in [1.165, 1.54) is 79.8 Å². The number of benzene rings is 4. The largest absolute Gasteiger partial charge is 0.508 e. The van der Waals surface area contributed by atoms with Gasteiger partial charge in [-0.1, -0.05) is 60.7 Å². The van der Waals surface area contributed by atoms with Gasteiger partial charge in [-0.15, -0.1) is 0 Å². The van der Waals surface area contributed by atoms with E-state index in [1.807, 2.05) is 0 Å². The monoisotopic (exact) mass is 1580 g/mol. The van der Waals surface area contributed by atoms with Crippen molar-refractivity contribution >= 4 is 130 Å². The summed E-state index contributed by atoms with van der Waals surface area (Å²) in [5, 5.41) is 68.9. The zero-order valence-electron chi connectivity index (χ0n) is 59.8. The fourth-order valence-electron chi connectivity index (χ4n) is 11.7. The molecular formula is C72H86N20O18S2. The van der Waals surface area contributed by atoms with E-state index in [1.54, 1.807) is 54.7 Å². The number of nitrogens with two attached hydrogens (primary N) is 3. The lowest BCUT2D eigenvalue weighted by Gasteiger charge is -2.28. The molecule has 0 aliphatic rings. The molecule has 0 spiro atoms. The number of para-hydroxylation sites is 2. The maximum Gasteiger partial charge on any atom is 0.303 e. The molecule has 0 saturated heterocycles. The number of nitrogens with one attached hydrogen (secondary N) is 15. The van der Waals surface area contributed by atoms with Crippen molar-refractivity contribution in [1.29, 1.82) is 0 Å². The summed E-state index contributed by atoms with van der Waals surface area (Å²) in [6.07, 6.45) is 4.28. The van der Waals surface area contributed by atoms with Gasteiger partial charge in [-0.25, -0.2) is 9.97 Å². The number of aromatic amines is 4. The Morgan fingerprint density at radius 3 is 1.18 bits per heavy atom. The van der Waals surface area contributed by atoms with Gasteiger partial charge in [-0.05, 0) is 65.1 Å². The Labute approximate surface area is 648 Å². The van der Waals surface area contributed by atoms with Crippen molar-refractivity contribution in [2.75, 3.05) is 24.7 Å². The van der Waals surface area contributed by atoms with E-state index in [-0.39, 0.29) is 55.8 Å². The molecule has 4 heterocycles. The number of imidazole rings is 2. The maximum atomic E-state index is 15.3. The van der Waals surface area contributed by atoms with E-state index in [0.717, 1.165) is 0 Å². The summed E-state index contributed by atoms with van der Waals surface area (Å²) in [7, 11) is 0. The number of primary amides is 2. The number of phenols is 2. The molecular weight excluding hydrogens is 1500 g/mol. The highest BCUT2D eigenvalue weighted by molar-refractivity contribution is 7.80. The highest BCUT2D eigenvalue weighted by Gasteiger charge is 2.38. The van der Waals surface area contributed by atoms with E-state index in [9.17, 15) is 78.0 Å². The van der Waals surface area contributed by atoms with Gasteiger partial charge in [0.05, 0.1) is 38.3 Å². The third kappa shape index (κ3) is 25.1. The van der Waals surface area contributed by atoms with Gasteiger partial charge in [-0.2, -0.15) is 25.3 Å². The van der Waals surface area contributed by atoms with Gasteiger partial charge in [0.15, 0.2) is 0 Å². The van der Waals surface area contributed by atoms with E-state index in [4.69, 9.17) is 17.2 Å². The molecule has 0 radical (unpaired) electrons. The molecule has 13 amide bonds. The number of hydrogen-bond donors (Lipinski definition) is 24. The first-order valence-electron chi connectivity index (χ1n) is 34.9. The normalized spacial score (nSPS) is 14.1. The molecule has 8 rings (SSSR count). The minimum absolute atomic E-state index is 0.0883. The van der Waals surface area contributed by atoms with Crippen LogP contribution in [0, 0.1) is 0 Å². The minimum Gasteiger partial charge on any atom is -0.508 e. The van der Waals surface area contributed by atoms with Crippen LogP contribution >= 0.6 is 25.3 Å². The van der Waals surface area contributed by atoms with Crippen LogP contribution in [-0.4, -0.2) is 224 Å². The first-order chi connectivity index (χ1) is 53.6. The number of carbonyl (C=O) groups is 14. The third-order valence-electron chi connectivity index (χ3n) is 17.6. The van der Waals surface area contributed by atoms with Crippen molar-refractivity contribution in [2.24, 2.45) is 17.2 Å². The lowest BCUT2D eigenvalue weighted by atomic mass is 10.0. The predicted octanol–water partition coefficient (Wildman–Crippen LogP) is -4.37. The van der Waals surface area contributed by atoms with Crippen molar-refractivity contribution in [3.05, 3.63) is 168 Å². The number of aromatic hydroxyl groups is 2. The molecule has 38 nitrogen and oxygen atoms in total. The van der Waals surface area contributed by atoms with Gasteiger partial charge in [0, 0.05) is 114 Å². The minimum atomic E-state index is -1.88. The molecule has 594 valence electrons. The van der Waals surface area contributed by atoms with Crippen LogP contribution in [0.1, 0.15) is 52.9 Å². The Bertz CT molecular complexity index is 4640. The van der Waals surface area contributed by atoms with E-state index >= 15 is 9.59 Å². The molecule has 11 atom stereocenters. The van der Waals surface area contributed by atoms with E-state index in [0.29, 0.717) is 55.4 Å². The van der Waals surface area contributed by atoms with Gasteiger partial charge < -0.3 is 116 Å². The quantitative estimate of drug-likeness (QED) is 0.0161. The number of rotatable bonds is 43. The number of carbonyl (C=O) groups excluding carboxylic acids is 13. The van der Waals surface area contributed by atoms with Crippen molar-refractivity contribution in [1.82, 2.24) is 88.4 Å². The number of aliphatic carboxylic acids is 1. The number of aliphatic hydroxyl groups excluding tert-OH is 1. The molecule has 4 aromatic carbocycles. The third-order valence-corrected chi connectivity index (χ3v) is 18.4. The van der Waals surface area contributed by atoms with Crippen LogP contribution in [0.3, 0.4) is 0 Å². The Morgan fingerprint density at radius 1 is 0.411 bits per heavy atom. The second kappa shape index (κ2) is 41.1. The van der Waals surface area contributed by atoms with Crippen molar-refractivity contribution < 1.29 is 87.5 Å². The van der Waals surface area contributed by atoms with Crippen LogP contribution in [0.2, 0.25) is 0 Å². The highest BCUT2D eigenvalue weighted by Crippen LogP contribution is 2.23. The smallest absolute Gasteiger partial charge is 0.303 e. The first-order valence-corrected chi connectivity index (χ1v) is 36.1. The predicted molar refractivity (Wildman–Crippen MR) is 407 cm³/mol. The zero-order chi connectivity index (χ0) is 81.1. The van der Waals surface area contributed by atoms with Crippen LogP contribution in [0.5, 0.6) is 11.5 Å². The number of aromatic nitrogens is 6. The van der Waals surface area contributed by atoms with Gasteiger partial charge in [-0.3, -0.25) is 67.1 Å². The number of nitrogens with zero attached hydrogens (tertiary/aromatic N) is 2. The summed E-state index contributed by atoms with van der Waals surface area (Å²) in [6, 6.07) is 6.86. The highest BCUT2D eigenvalue weighted by atomic mass is 32.1. The fraction of sp³-hybridized carbons (Fsp3) is 0.333. The standard InChI is InChI=1S/C72H86N20O18S2/c73-46(32-111)62(100)91-57(31-93)71(109)90-56(25-59(74)96)70(108)87-52(21-38-26-78-47-7-3-1-5-44(38)47)66(104)83-49(17-18-61(98)99)64(102)92-58(33-112)72(110)85-51(20-37-11-15-43(95)16-12-37)65(103)86-53(22-39-27-79-48-8-4-2-6-45(39)48)67(105)88-55(24-41-29-77-35-82-41)69(107)89-54(23-40-28-76-34-81-40)68(106)84-50(63(101)80-30-60(75)97)19-36-9-13-42(94)14-10-36/h1-16,26-29,34-35,46,49-58,78-79,93-95,111-112H,17-25,30-33,73H2,(H2,74,96)(H2,75,97)(H,76,81)(H,77,82)(H,80,101)(H,83,104)(H,84,106)(H,85,110)(H,86,103)(H,87,108)(H,88,105)(H,89,107)(H,90,109)(H,91,100)(H,92,102)(H,98,99)/t46-,49-,50-,51-,52-,53-,54-,55-,56-,57-,58-/m0/s1. The average molecular weight is 1580 g/mol. The van der Waals surface area contributed by atoms with Gasteiger partial charge in [0.25, 0.3) is 0 Å².